The third-order valence-corrected chi connectivity index (χ3v) is 3.33. The summed E-state index contributed by atoms with van der Waals surface area (Å²) >= 11 is 0. The molecule has 1 fully saturated rings. The van der Waals surface area contributed by atoms with E-state index in [9.17, 15) is 9.59 Å². The highest BCUT2D eigenvalue weighted by Gasteiger charge is 2.22. The molecule has 0 aromatic heterocycles. The molecule has 1 amide bonds. The number of benzene rings is 1. The predicted molar refractivity (Wildman–Crippen MR) is 72.3 cm³/mol. The van der Waals surface area contributed by atoms with E-state index in [4.69, 9.17) is 10.8 Å². The Morgan fingerprint density at radius 1 is 1.37 bits per heavy atom. The largest absolute Gasteiger partial charge is 0.478 e. The molecule has 6 nitrogen and oxygen atoms in total. The van der Waals surface area contributed by atoms with E-state index in [1.165, 1.54) is 6.07 Å². The Bertz CT molecular complexity index is 516. The van der Waals surface area contributed by atoms with Crippen LogP contribution in [-0.2, 0) is 4.79 Å². The fourth-order valence-electron chi connectivity index (χ4n) is 2.21. The van der Waals surface area contributed by atoms with E-state index < -0.39 is 5.97 Å². The summed E-state index contributed by atoms with van der Waals surface area (Å²) in [6.45, 7) is 1.61. The maximum Gasteiger partial charge on any atom is 0.337 e. The van der Waals surface area contributed by atoms with Gasteiger partial charge in [0.15, 0.2) is 0 Å². The number of nitrogens with two attached hydrogens (primary N) is 1. The third kappa shape index (κ3) is 2.62. The SMILES string of the molecule is CN1CCCN(c2cccc(C(=O)O)c2N)CC1=O. The standard InChI is InChI=1S/C13H17N3O3/c1-15-6-3-7-16(8-11(15)17)10-5-2-4-9(12(10)14)13(18)19/h2,4-5H,3,6-8,14H2,1H3,(H,18,19). The molecule has 1 saturated heterocycles. The summed E-state index contributed by atoms with van der Waals surface area (Å²) in [5.41, 5.74) is 6.80. The molecule has 1 aromatic rings. The lowest BCUT2D eigenvalue weighted by Gasteiger charge is -2.24. The van der Waals surface area contributed by atoms with Crippen molar-refractivity contribution in [1.82, 2.24) is 4.90 Å². The van der Waals surface area contributed by atoms with Crippen LogP contribution >= 0.6 is 0 Å². The number of hydrogen-bond donors (Lipinski definition) is 2. The van der Waals surface area contributed by atoms with Gasteiger partial charge < -0.3 is 20.6 Å². The van der Waals surface area contributed by atoms with Gasteiger partial charge in [0.2, 0.25) is 5.91 Å². The van der Waals surface area contributed by atoms with Gasteiger partial charge in [-0.15, -0.1) is 0 Å². The predicted octanol–water partition coefficient (Wildman–Crippen LogP) is 0.635. The quantitative estimate of drug-likeness (QED) is 0.764. The minimum absolute atomic E-state index is 0.0117. The van der Waals surface area contributed by atoms with Crippen LogP contribution in [0.15, 0.2) is 18.2 Å². The summed E-state index contributed by atoms with van der Waals surface area (Å²) in [5.74, 6) is -1.05. The first-order valence-corrected chi connectivity index (χ1v) is 6.11. The molecule has 0 atom stereocenters. The van der Waals surface area contributed by atoms with Gasteiger partial charge in [0.25, 0.3) is 0 Å². The summed E-state index contributed by atoms with van der Waals surface area (Å²) in [4.78, 5) is 26.4. The molecule has 19 heavy (non-hydrogen) atoms. The van der Waals surface area contributed by atoms with Crippen molar-refractivity contribution in [2.24, 2.45) is 0 Å². The van der Waals surface area contributed by atoms with E-state index in [-0.39, 0.29) is 23.7 Å². The zero-order valence-electron chi connectivity index (χ0n) is 10.8. The fourth-order valence-corrected chi connectivity index (χ4v) is 2.21. The first-order chi connectivity index (χ1) is 9.00. The van der Waals surface area contributed by atoms with Gasteiger partial charge in [-0.1, -0.05) is 6.07 Å². The average molecular weight is 263 g/mol. The van der Waals surface area contributed by atoms with Crippen molar-refractivity contribution in [3.8, 4) is 0 Å². The number of rotatable bonds is 2. The molecule has 0 bridgehead atoms. The molecule has 0 unspecified atom stereocenters. The monoisotopic (exact) mass is 263 g/mol. The van der Waals surface area contributed by atoms with Gasteiger partial charge in [0.1, 0.15) is 0 Å². The molecular formula is C13H17N3O3. The van der Waals surface area contributed by atoms with E-state index in [1.807, 2.05) is 4.90 Å². The van der Waals surface area contributed by atoms with Gasteiger partial charge in [0.05, 0.1) is 23.5 Å². The number of para-hydroxylation sites is 1. The second-order valence-corrected chi connectivity index (χ2v) is 4.63. The van der Waals surface area contributed by atoms with Crippen LogP contribution in [0.25, 0.3) is 0 Å². The molecular weight excluding hydrogens is 246 g/mol. The minimum Gasteiger partial charge on any atom is -0.478 e. The first-order valence-electron chi connectivity index (χ1n) is 6.11. The number of nitrogens with zero attached hydrogens (tertiary/aromatic N) is 2. The molecule has 3 N–H and O–H groups in total. The number of carbonyl (C=O) groups is 2. The lowest BCUT2D eigenvalue weighted by atomic mass is 10.1. The molecule has 102 valence electrons. The Kier molecular flexibility index (Phi) is 3.59. The van der Waals surface area contributed by atoms with Crippen molar-refractivity contribution in [1.29, 1.82) is 0 Å². The smallest absolute Gasteiger partial charge is 0.337 e. The normalized spacial score (nSPS) is 16.4. The summed E-state index contributed by atoms with van der Waals surface area (Å²) in [6, 6.07) is 4.86. The van der Waals surface area contributed by atoms with Crippen molar-refractivity contribution in [3.05, 3.63) is 23.8 Å². The molecule has 1 heterocycles. The van der Waals surface area contributed by atoms with Crippen molar-refractivity contribution in [2.45, 2.75) is 6.42 Å². The summed E-state index contributed by atoms with van der Waals surface area (Å²) < 4.78 is 0. The van der Waals surface area contributed by atoms with E-state index in [1.54, 1.807) is 24.1 Å². The number of likely N-dealkylation sites (N-methyl/N-ethyl adjacent to an activating group) is 1. The maximum absolute atomic E-state index is 11.9. The summed E-state index contributed by atoms with van der Waals surface area (Å²) in [5, 5.41) is 9.06. The highest BCUT2D eigenvalue weighted by atomic mass is 16.4. The molecule has 0 radical (unpaired) electrons. The van der Waals surface area contributed by atoms with Crippen LogP contribution in [0.1, 0.15) is 16.8 Å². The number of carboxylic acids is 1. The van der Waals surface area contributed by atoms with Gasteiger partial charge in [-0.25, -0.2) is 4.79 Å². The Morgan fingerprint density at radius 3 is 2.79 bits per heavy atom. The van der Waals surface area contributed by atoms with E-state index >= 15 is 0 Å². The Labute approximate surface area is 111 Å². The topological polar surface area (TPSA) is 86.9 Å². The van der Waals surface area contributed by atoms with Gasteiger partial charge in [-0.05, 0) is 18.6 Å². The average Bonchev–Trinajstić information content (AvgIpc) is 2.52. The number of anilines is 2. The molecule has 6 heteroatoms. The Hall–Kier alpha value is -2.24. The zero-order valence-corrected chi connectivity index (χ0v) is 10.8. The number of carbonyl (C=O) groups excluding carboxylic acids is 1. The van der Waals surface area contributed by atoms with Gasteiger partial charge in [-0.2, -0.15) is 0 Å². The number of nitrogen functional groups attached to an aromatic ring is 1. The van der Waals surface area contributed by atoms with Crippen molar-refractivity contribution >= 4 is 23.3 Å². The number of aromatic carboxylic acids is 1. The number of amides is 1. The molecule has 0 spiro atoms. The highest BCUT2D eigenvalue weighted by Crippen LogP contribution is 2.27. The minimum atomic E-state index is -1.06. The summed E-state index contributed by atoms with van der Waals surface area (Å²) in [7, 11) is 1.77. The van der Waals surface area contributed by atoms with E-state index in [2.05, 4.69) is 0 Å². The lowest BCUT2D eigenvalue weighted by molar-refractivity contribution is -0.127. The molecule has 0 saturated carbocycles. The van der Waals surface area contributed by atoms with Crippen LogP contribution in [0.5, 0.6) is 0 Å². The first kappa shape index (κ1) is 13.2. The van der Waals surface area contributed by atoms with Crippen molar-refractivity contribution < 1.29 is 14.7 Å². The van der Waals surface area contributed by atoms with E-state index in [0.717, 1.165) is 6.42 Å². The molecule has 1 aromatic carbocycles. The highest BCUT2D eigenvalue weighted by molar-refractivity contribution is 5.97. The second kappa shape index (κ2) is 5.17. The van der Waals surface area contributed by atoms with Crippen LogP contribution in [0, 0.1) is 0 Å². The van der Waals surface area contributed by atoms with Crippen LogP contribution in [0.2, 0.25) is 0 Å². The maximum atomic E-state index is 11.9. The molecule has 1 aliphatic heterocycles. The van der Waals surface area contributed by atoms with Gasteiger partial charge in [0, 0.05) is 20.1 Å². The molecule has 1 aliphatic rings. The van der Waals surface area contributed by atoms with Gasteiger partial charge >= 0.3 is 5.97 Å². The van der Waals surface area contributed by atoms with Crippen molar-refractivity contribution in [3.63, 3.8) is 0 Å². The Balaban J connectivity index is 2.33. The number of hydrogen-bond acceptors (Lipinski definition) is 4. The Morgan fingerprint density at radius 2 is 2.11 bits per heavy atom. The van der Waals surface area contributed by atoms with Gasteiger partial charge in [-0.3, -0.25) is 4.79 Å². The summed E-state index contributed by atoms with van der Waals surface area (Å²) in [6.07, 6.45) is 0.832. The zero-order chi connectivity index (χ0) is 14.0. The fraction of sp³-hybridized carbons (Fsp3) is 0.385. The van der Waals surface area contributed by atoms with Crippen molar-refractivity contribution in [2.75, 3.05) is 37.3 Å². The van der Waals surface area contributed by atoms with Crippen LogP contribution in [0.4, 0.5) is 11.4 Å². The molecule has 0 aliphatic carbocycles. The lowest BCUT2D eigenvalue weighted by Crippen LogP contribution is -2.34. The van der Waals surface area contributed by atoms with Crippen LogP contribution < -0.4 is 10.6 Å². The van der Waals surface area contributed by atoms with Crippen LogP contribution in [-0.4, -0.2) is 48.6 Å². The number of carboxylic acid groups (broad SMARTS) is 1. The van der Waals surface area contributed by atoms with E-state index in [0.29, 0.717) is 18.8 Å². The second-order valence-electron chi connectivity index (χ2n) is 4.63. The van der Waals surface area contributed by atoms with Crippen LogP contribution in [0.3, 0.4) is 0 Å². The molecule has 2 rings (SSSR count). The third-order valence-electron chi connectivity index (χ3n) is 3.33.